The van der Waals surface area contributed by atoms with Crippen LogP contribution in [0.4, 0.5) is 10.5 Å². The zero-order valence-corrected chi connectivity index (χ0v) is 18.3. The second-order valence-corrected chi connectivity index (χ2v) is 7.77. The monoisotopic (exact) mass is 455 g/mol. The van der Waals surface area contributed by atoms with E-state index in [1.54, 1.807) is 43.3 Å². The fraction of sp³-hybridized carbons (Fsp3) is 0.217. The van der Waals surface area contributed by atoms with Gasteiger partial charge in [0.25, 0.3) is 5.91 Å². The molecule has 2 aromatic rings. The van der Waals surface area contributed by atoms with Crippen LogP contribution in [-0.4, -0.2) is 53.3 Å². The van der Waals surface area contributed by atoms with E-state index < -0.39 is 29.7 Å². The van der Waals surface area contributed by atoms with Crippen LogP contribution in [0.25, 0.3) is 11.1 Å². The third-order valence-corrected chi connectivity index (χ3v) is 5.22. The van der Waals surface area contributed by atoms with E-state index in [0.29, 0.717) is 16.3 Å². The molecule has 166 valence electrons. The molecule has 0 saturated heterocycles. The van der Waals surface area contributed by atoms with E-state index in [0.717, 1.165) is 16.0 Å². The molecule has 1 unspecified atom stereocenters. The summed E-state index contributed by atoms with van der Waals surface area (Å²) in [7, 11) is 1.51. The number of carboxylic acids is 1. The van der Waals surface area contributed by atoms with Gasteiger partial charge in [-0.2, -0.15) is 0 Å². The first-order chi connectivity index (χ1) is 15.2. The number of amides is 3. The smallest absolute Gasteiger partial charge is 0.323 e. The minimum Gasteiger partial charge on any atom is -0.481 e. The minimum atomic E-state index is -1.41. The molecule has 0 bridgehead atoms. The zero-order chi connectivity index (χ0) is 23.4. The van der Waals surface area contributed by atoms with Gasteiger partial charge in [0.2, 0.25) is 0 Å². The number of carbonyl (C=O) groups is 4. The Morgan fingerprint density at radius 3 is 2.44 bits per heavy atom. The minimum absolute atomic E-state index is 0.154. The van der Waals surface area contributed by atoms with Crippen molar-refractivity contribution in [2.45, 2.75) is 19.4 Å². The van der Waals surface area contributed by atoms with Gasteiger partial charge in [-0.3, -0.25) is 19.3 Å². The second-order valence-electron chi connectivity index (χ2n) is 7.33. The third kappa shape index (κ3) is 4.97. The number of ketones is 1. The summed E-state index contributed by atoms with van der Waals surface area (Å²) in [6.45, 7) is 1.42. The van der Waals surface area contributed by atoms with Crippen LogP contribution in [0.1, 0.15) is 13.3 Å². The molecule has 0 saturated carbocycles. The van der Waals surface area contributed by atoms with Crippen LogP contribution in [-0.2, 0) is 14.4 Å². The summed E-state index contributed by atoms with van der Waals surface area (Å²) >= 11 is 6.10. The normalized spacial score (nSPS) is 15.9. The van der Waals surface area contributed by atoms with E-state index in [1.165, 1.54) is 18.1 Å². The Balaban J connectivity index is 2.05. The van der Waals surface area contributed by atoms with Gasteiger partial charge >= 0.3 is 12.0 Å². The summed E-state index contributed by atoms with van der Waals surface area (Å²) in [5.41, 5.74) is 2.15. The highest BCUT2D eigenvalue weighted by molar-refractivity contribution is 6.30. The van der Waals surface area contributed by atoms with Crippen molar-refractivity contribution in [3.63, 3.8) is 0 Å². The van der Waals surface area contributed by atoms with Gasteiger partial charge in [-0.15, -0.1) is 0 Å². The fourth-order valence-electron chi connectivity index (χ4n) is 3.41. The maximum absolute atomic E-state index is 13.1. The lowest BCUT2D eigenvalue weighted by Gasteiger charge is -2.34. The summed E-state index contributed by atoms with van der Waals surface area (Å²) < 4.78 is 0. The van der Waals surface area contributed by atoms with Crippen LogP contribution in [0.2, 0.25) is 5.02 Å². The van der Waals surface area contributed by atoms with E-state index in [4.69, 9.17) is 16.7 Å². The van der Waals surface area contributed by atoms with E-state index in [-0.39, 0.29) is 13.0 Å². The van der Waals surface area contributed by atoms with Crippen molar-refractivity contribution in [3.05, 3.63) is 65.3 Å². The molecule has 0 fully saturated rings. The molecular formula is C23H22ClN3O5. The van der Waals surface area contributed by atoms with Crippen molar-refractivity contribution in [2.75, 3.05) is 18.5 Å². The molecular weight excluding hydrogens is 434 g/mol. The first-order valence-electron chi connectivity index (χ1n) is 9.83. The molecule has 3 amide bonds. The first kappa shape index (κ1) is 23.0. The summed E-state index contributed by atoms with van der Waals surface area (Å²) in [6, 6.07) is 11.8. The molecule has 1 aliphatic rings. The first-order valence-corrected chi connectivity index (χ1v) is 10.2. The SMILES string of the molecule is CC1=CN(C)C(=O)C(N(C(=O)NCCC(=O)O)c2cccc(-c3cccc(Cl)c3)c2)C1=O. The highest BCUT2D eigenvalue weighted by atomic mass is 35.5. The number of hydrogen-bond acceptors (Lipinski definition) is 4. The Kier molecular flexibility index (Phi) is 6.95. The van der Waals surface area contributed by atoms with Gasteiger partial charge in [0.15, 0.2) is 11.8 Å². The van der Waals surface area contributed by atoms with Gasteiger partial charge in [-0.25, -0.2) is 4.79 Å². The second kappa shape index (κ2) is 9.65. The standard InChI is InChI=1S/C23H22ClN3O5/c1-14-13-26(2)22(31)20(21(14)30)27(23(32)25-10-9-19(28)29)18-8-4-6-16(12-18)15-5-3-7-17(24)11-15/h3-8,11-13,20H,9-10H2,1-2H3,(H,25,32)(H,28,29). The number of nitrogens with one attached hydrogen (secondary N) is 1. The molecule has 0 aliphatic carbocycles. The maximum atomic E-state index is 13.1. The molecule has 2 N–H and O–H groups in total. The van der Waals surface area contributed by atoms with E-state index in [1.807, 2.05) is 12.1 Å². The number of nitrogens with zero attached hydrogens (tertiary/aromatic N) is 2. The van der Waals surface area contributed by atoms with Crippen LogP contribution in [0.5, 0.6) is 0 Å². The van der Waals surface area contributed by atoms with Crippen LogP contribution >= 0.6 is 11.6 Å². The van der Waals surface area contributed by atoms with Crippen molar-refractivity contribution in [3.8, 4) is 11.1 Å². The lowest BCUT2D eigenvalue weighted by molar-refractivity contribution is -0.137. The van der Waals surface area contributed by atoms with Crippen LogP contribution in [0.3, 0.4) is 0 Å². The van der Waals surface area contributed by atoms with Gasteiger partial charge in [0, 0.05) is 36.1 Å². The Hall–Kier alpha value is -3.65. The molecule has 1 aliphatic heterocycles. The van der Waals surface area contributed by atoms with Crippen molar-refractivity contribution >= 4 is 41.0 Å². The zero-order valence-electron chi connectivity index (χ0n) is 17.5. The number of rotatable bonds is 6. The van der Waals surface area contributed by atoms with E-state index in [2.05, 4.69) is 5.32 Å². The molecule has 0 spiro atoms. The van der Waals surface area contributed by atoms with Gasteiger partial charge in [0.05, 0.1) is 6.42 Å². The number of carboxylic acid groups (broad SMARTS) is 1. The molecule has 0 radical (unpaired) electrons. The summed E-state index contributed by atoms with van der Waals surface area (Å²) in [5.74, 6) is -2.15. The van der Waals surface area contributed by atoms with Gasteiger partial charge in [0.1, 0.15) is 0 Å². The molecule has 1 heterocycles. The number of urea groups is 1. The Labute approximate surface area is 190 Å². The summed E-state index contributed by atoms with van der Waals surface area (Å²) in [6.07, 6.45) is 1.12. The number of Topliss-reactive ketones (excluding diaryl/α,β-unsaturated/α-hetero) is 1. The number of halogens is 1. The quantitative estimate of drug-likeness (QED) is 0.650. The average Bonchev–Trinajstić information content (AvgIpc) is 2.75. The predicted molar refractivity (Wildman–Crippen MR) is 120 cm³/mol. The Morgan fingerprint density at radius 2 is 1.78 bits per heavy atom. The summed E-state index contributed by atoms with van der Waals surface area (Å²) in [4.78, 5) is 52.1. The Morgan fingerprint density at radius 1 is 1.12 bits per heavy atom. The molecule has 2 aromatic carbocycles. The summed E-state index contributed by atoms with van der Waals surface area (Å²) in [5, 5.41) is 11.9. The number of likely N-dealkylation sites (N-methyl/N-ethyl adjacent to an activating group) is 1. The average molecular weight is 456 g/mol. The van der Waals surface area contributed by atoms with E-state index in [9.17, 15) is 19.2 Å². The van der Waals surface area contributed by atoms with Crippen molar-refractivity contribution in [1.29, 1.82) is 0 Å². The van der Waals surface area contributed by atoms with E-state index >= 15 is 0 Å². The van der Waals surface area contributed by atoms with Crippen molar-refractivity contribution < 1.29 is 24.3 Å². The molecule has 0 aromatic heterocycles. The van der Waals surface area contributed by atoms with Crippen molar-refractivity contribution in [1.82, 2.24) is 10.2 Å². The van der Waals surface area contributed by atoms with Crippen LogP contribution < -0.4 is 10.2 Å². The van der Waals surface area contributed by atoms with Crippen LogP contribution in [0.15, 0.2) is 60.3 Å². The topological polar surface area (TPSA) is 107 Å². The molecule has 3 rings (SSSR count). The Bertz CT molecular complexity index is 1110. The molecule has 8 nitrogen and oxygen atoms in total. The van der Waals surface area contributed by atoms with Gasteiger partial charge in [-0.1, -0.05) is 35.9 Å². The largest absolute Gasteiger partial charge is 0.481 e. The molecule has 1 atom stereocenters. The van der Waals surface area contributed by atoms with Crippen molar-refractivity contribution in [2.24, 2.45) is 0 Å². The molecule has 9 heteroatoms. The number of carbonyl (C=O) groups excluding carboxylic acids is 3. The van der Waals surface area contributed by atoms with Gasteiger partial charge in [-0.05, 0) is 42.3 Å². The number of aliphatic carboxylic acids is 1. The maximum Gasteiger partial charge on any atom is 0.323 e. The number of anilines is 1. The molecule has 32 heavy (non-hydrogen) atoms. The number of benzene rings is 2. The third-order valence-electron chi connectivity index (χ3n) is 4.98. The lowest BCUT2D eigenvalue weighted by atomic mass is 9.98. The highest BCUT2D eigenvalue weighted by Gasteiger charge is 2.41. The van der Waals surface area contributed by atoms with Gasteiger partial charge < -0.3 is 15.3 Å². The van der Waals surface area contributed by atoms with Crippen LogP contribution in [0, 0.1) is 0 Å². The lowest BCUT2D eigenvalue weighted by Crippen LogP contribution is -2.58. The number of hydrogen-bond donors (Lipinski definition) is 2. The fourth-order valence-corrected chi connectivity index (χ4v) is 3.60. The highest BCUT2D eigenvalue weighted by Crippen LogP contribution is 2.29. The predicted octanol–water partition coefficient (Wildman–Crippen LogP) is 3.31.